The Kier molecular flexibility index (Phi) is 16.3. The van der Waals surface area contributed by atoms with Gasteiger partial charge in [0.1, 0.15) is 5.60 Å². The minimum absolute atomic E-state index is 0. The predicted octanol–water partition coefficient (Wildman–Crippen LogP) is 9.33. The van der Waals surface area contributed by atoms with Gasteiger partial charge in [-0.05, 0) is 107 Å². The van der Waals surface area contributed by atoms with Gasteiger partial charge in [0.2, 0.25) is 0 Å². The first-order valence-electron chi connectivity index (χ1n) is 13.5. The normalized spacial score (nSPS) is 35.1. The molecule has 10 atom stereocenters. The smallest absolute Gasteiger partial charge is 0.310 e. The van der Waals surface area contributed by atoms with E-state index in [-0.39, 0.29) is 59.4 Å². The van der Waals surface area contributed by atoms with Crippen molar-refractivity contribution in [2.24, 2.45) is 59.2 Å². The monoisotopic (exact) mass is 546 g/mol. The zero-order chi connectivity index (χ0) is 25.9. The molecule has 4 rings (SSSR count). The molecule has 4 fully saturated rings. The van der Waals surface area contributed by atoms with Crippen molar-refractivity contribution in [1.29, 1.82) is 0 Å². The number of hydrogen-bond donors (Lipinski definition) is 0. The SMILES string of the molecule is C.C.C.C.C=CC1CC(C=C)C(C(=O)OC(C)(C)C)C1.C=CC1CC(C=C)C2C3CC(CC3C(=O)OCC)C12. The molecule has 0 aliphatic heterocycles. The predicted molar refractivity (Wildman–Crippen MR) is 168 cm³/mol. The fourth-order valence-corrected chi connectivity index (χ4v) is 7.56. The van der Waals surface area contributed by atoms with Crippen LogP contribution in [0.2, 0.25) is 0 Å². The van der Waals surface area contributed by atoms with E-state index in [9.17, 15) is 9.59 Å². The first-order chi connectivity index (χ1) is 16.6. The van der Waals surface area contributed by atoms with E-state index in [0.717, 1.165) is 25.2 Å². The number of fused-ring (bicyclic) bond motifs is 5. The molecule has 39 heavy (non-hydrogen) atoms. The van der Waals surface area contributed by atoms with Crippen molar-refractivity contribution in [1.82, 2.24) is 0 Å². The number of hydrogen-bond acceptors (Lipinski definition) is 4. The summed E-state index contributed by atoms with van der Waals surface area (Å²) in [5.74, 6) is 4.53. The average Bonchev–Trinajstić information content (AvgIpc) is 3.57. The van der Waals surface area contributed by atoms with Gasteiger partial charge in [-0.25, -0.2) is 0 Å². The molecule has 4 aliphatic rings. The van der Waals surface area contributed by atoms with Gasteiger partial charge in [-0.2, -0.15) is 0 Å². The molecule has 0 N–H and O–H groups in total. The van der Waals surface area contributed by atoms with Crippen molar-refractivity contribution in [2.75, 3.05) is 6.61 Å². The van der Waals surface area contributed by atoms with E-state index in [0.29, 0.717) is 42.1 Å². The van der Waals surface area contributed by atoms with Crippen LogP contribution < -0.4 is 0 Å². The molecule has 0 amide bonds. The average molecular weight is 547 g/mol. The van der Waals surface area contributed by atoms with Crippen molar-refractivity contribution in [3.8, 4) is 0 Å². The van der Waals surface area contributed by atoms with Gasteiger partial charge in [0, 0.05) is 0 Å². The van der Waals surface area contributed by atoms with Gasteiger partial charge in [0.25, 0.3) is 0 Å². The van der Waals surface area contributed by atoms with E-state index in [4.69, 9.17) is 9.47 Å². The Hall–Kier alpha value is -2.10. The van der Waals surface area contributed by atoms with Gasteiger partial charge in [-0.3, -0.25) is 9.59 Å². The first-order valence-corrected chi connectivity index (χ1v) is 13.5. The summed E-state index contributed by atoms with van der Waals surface area (Å²) in [7, 11) is 0. The van der Waals surface area contributed by atoms with Crippen molar-refractivity contribution < 1.29 is 19.1 Å². The third-order valence-corrected chi connectivity index (χ3v) is 8.85. The fraction of sp³-hybridized carbons (Fsp3) is 0.714. The van der Waals surface area contributed by atoms with Crippen LogP contribution in [0.1, 0.15) is 89.5 Å². The second-order valence-corrected chi connectivity index (χ2v) is 12.0. The minimum Gasteiger partial charge on any atom is -0.466 e. The molecule has 4 aliphatic carbocycles. The molecule has 0 spiro atoms. The summed E-state index contributed by atoms with van der Waals surface area (Å²) in [6.45, 7) is 23.7. The van der Waals surface area contributed by atoms with E-state index < -0.39 is 5.60 Å². The van der Waals surface area contributed by atoms with Crippen LogP contribution in [0.15, 0.2) is 50.6 Å². The summed E-state index contributed by atoms with van der Waals surface area (Å²) in [6.07, 6.45) is 13.3. The summed E-state index contributed by atoms with van der Waals surface area (Å²) < 4.78 is 10.7. The number of ether oxygens (including phenoxy) is 2. The topological polar surface area (TPSA) is 52.6 Å². The highest BCUT2D eigenvalue weighted by molar-refractivity contribution is 5.74. The lowest BCUT2D eigenvalue weighted by Gasteiger charge is -2.33. The maximum Gasteiger partial charge on any atom is 0.310 e. The Morgan fingerprint density at radius 2 is 1.28 bits per heavy atom. The summed E-state index contributed by atoms with van der Waals surface area (Å²) in [6, 6.07) is 0. The van der Waals surface area contributed by atoms with E-state index in [1.165, 1.54) is 12.8 Å². The molecule has 4 saturated carbocycles. The van der Waals surface area contributed by atoms with E-state index >= 15 is 0 Å². The summed E-state index contributed by atoms with van der Waals surface area (Å²) in [5.41, 5.74) is -0.408. The number of carbonyl (C=O) groups is 2. The van der Waals surface area contributed by atoms with Crippen LogP contribution in [0, 0.1) is 59.2 Å². The van der Waals surface area contributed by atoms with Crippen LogP contribution in [0.3, 0.4) is 0 Å². The Balaban J connectivity index is 0. The molecule has 4 heteroatoms. The van der Waals surface area contributed by atoms with Crippen LogP contribution in [-0.2, 0) is 19.1 Å². The number of carbonyl (C=O) groups excluding carboxylic acids is 2. The molecule has 4 nitrogen and oxygen atoms in total. The maximum absolute atomic E-state index is 12.1. The van der Waals surface area contributed by atoms with E-state index in [1.807, 2.05) is 39.8 Å². The molecule has 2 bridgehead atoms. The molecule has 0 radical (unpaired) electrons. The third-order valence-electron chi connectivity index (χ3n) is 8.85. The van der Waals surface area contributed by atoms with Gasteiger partial charge in [-0.15, -0.1) is 26.3 Å². The largest absolute Gasteiger partial charge is 0.466 e. The van der Waals surface area contributed by atoms with Crippen LogP contribution in [-0.4, -0.2) is 24.1 Å². The van der Waals surface area contributed by atoms with Crippen molar-refractivity contribution >= 4 is 11.9 Å². The van der Waals surface area contributed by atoms with Crippen LogP contribution >= 0.6 is 0 Å². The Labute approximate surface area is 242 Å². The van der Waals surface area contributed by atoms with Crippen molar-refractivity contribution in [2.45, 2.75) is 95.1 Å². The van der Waals surface area contributed by atoms with Gasteiger partial charge >= 0.3 is 11.9 Å². The standard InChI is InChI=1S/C17H24O2.C14H22O2.4CH4/c1-4-10-7-11(5-2)16-13-8-12(15(10)16)9-14(13)17(18)19-6-3;1-6-10-8-11(7-2)12(9-10)13(15)16-14(3,4)5;;;;/h4-5,10-16H,1-2,6-9H2,3H3;6-7,10-12H,1-2,8-9H2,3-5H3;4*1H4. The molecule has 226 valence electrons. The molecule has 0 heterocycles. The fourth-order valence-electron chi connectivity index (χ4n) is 7.56. The maximum atomic E-state index is 12.1. The molecular weight excluding hydrogens is 484 g/mol. The third kappa shape index (κ3) is 8.44. The summed E-state index contributed by atoms with van der Waals surface area (Å²) in [5, 5.41) is 0. The second-order valence-electron chi connectivity index (χ2n) is 12.0. The Morgan fingerprint density at radius 1 is 0.718 bits per heavy atom. The van der Waals surface area contributed by atoms with Crippen LogP contribution in [0.5, 0.6) is 0 Å². The van der Waals surface area contributed by atoms with Gasteiger partial charge in [0.05, 0.1) is 18.4 Å². The minimum atomic E-state index is -0.408. The molecule has 0 aromatic rings. The van der Waals surface area contributed by atoms with E-state index in [2.05, 4.69) is 38.5 Å². The highest BCUT2D eigenvalue weighted by Gasteiger charge is 2.60. The highest BCUT2D eigenvalue weighted by atomic mass is 16.6. The molecular formula is C35H62O4. The number of esters is 2. The second kappa shape index (κ2) is 16.2. The lowest BCUT2D eigenvalue weighted by molar-refractivity contribution is -0.160. The lowest BCUT2D eigenvalue weighted by atomic mass is 9.71. The zero-order valence-electron chi connectivity index (χ0n) is 22.3. The summed E-state index contributed by atoms with van der Waals surface area (Å²) in [4.78, 5) is 24.1. The van der Waals surface area contributed by atoms with Gasteiger partial charge < -0.3 is 9.47 Å². The molecule has 0 aromatic carbocycles. The quantitative estimate of drug-likeness (QED) is 0.236. The van der Waals surface area contributed by atoms with Crippen molar-refractivity contribution in [3.05, 3.63) is 50.6 Å². The first kappa shape index (κ1) is 39.0. The number of rotatable bonds is 7. The Bertz CT molecular complexity index is 821. The van der Waals surface area contributed by atoms with Crippen LogP contribution in [0.4, 0.5) is 0 Å². The molecule has 10 unspecified atom stereocenters. The lowest BCUT2D eigenvalue weighted by Crippen LogP contribution is -2.34. The highest BCUT2D eigenvalue weighted by Crippen LogP contribution is 2.65. The molecule has 0 saturated heterocycles. The number of allylic oxidation sites excluding steroid dienone is 4. The van der Waals surface area contributed by atoms with Crippen molar-refractivity contribution in [3.63, 3.8) is 0 Å². The van der Waals surface area contributed by atoms with Gasteiger partial charge in [0.15, 0.2) is 0 Å². The summed E-state index contributed by atoms with van der Waals surface area (Å²) >= 11 is 0. The molecule has 0 aromatic heterocycles. The Morgan fingerprint density at radius 3 is 1.77 bits per heavy atom. The van der Waals surface area contributed by atoms with Crippen LogP contribution in [0.25, 0.3) is 0 Å². The van der Waals surface area contributed by atoms with Gasteiger partial charge in [-0.1, -0.05) is 54.0 Å². The van der Waals surface area contributed by atoms with E-state index in [1.54, 1.807) is 0 Å². The zero-order valence-corrected chi connectivity index (χ0v) is 22.3.